The molecule has 1 aliphatic heterocycles. The van der Waals surface area contributed by atoms with Gasteiger partial charge in [0.1, 0.15) is 5.82 Å². The summed E-state index contributed by atoms with van der Waals surface area (Å²) in [6.07, 6.45) is 4.56. The molecule has 1 saturated heterocycles. The maximum atomic E-state index is 12.8. The van der Waals surface area contributed by atoms with Crippen LogP contribution in [0.2, 0.25) is 0 Å². The number of hydrazine groups is 1. The van der Waals surface area contributed by atoms with Gasteiger partial charge in [0.05, 0.1) is 6.10 Å². The van der Waals surface area contributed by atoms with E-state index < -0.39 is 0 Å². The van der Waals surface area contributed by atoms with Crippen molar-refractivity contribution in [3.8, 4) is 0 Å². The van der Waals surface area contributed by atoms with Gasteiger partial charge >= 0.3 is 0 Å². The summed E-state index contributed by atoms with van der Waals surface area (Å²) in [4.78, 5) is 0. The van der Waals surface area contributed by atoms with Crippen molar-refractivity contribution in [2.75, 3.05) is 6.61 Å². The summed E-state index contributed by atoms with van der Waals surface area (Å²) < 4.78 is 18.4. The molecule has 1 aromatic carbocycles. The summed E-state index contributed by atoms with van der Waals surface area (Å²) in [5, 5.41) is 0. The zero-order chi connectivity index (χ0) is 12.1. The van der Waals surface area contributed by atoms with Crippen molar-refractivity contribution < 1.29 is 9.13 Å². The maximum absolute atomic E-state index is 12.8. The van der Waals surface area contributed by atoms with Gasteiger partial charge in [0, 0.05) is 12.6 Å². The van der Waals surface area contributed by atoms with Crippen molar-refractivity contribution in [3.05, 3.63) is 35.6 Å². The molecule has 0 spiro atoms. The fourth-order valence-corrected chi connectivity index (χ4v) is 2.27. The molecule has 3 N–H and O–H groups in total. The summed E-state index contributed by atoms with van der Waals surface area (Å²) in [6, 6.07) is 6.54. The van der Waals surface area contributed by atoms with Gasteiger partial charge in [-0.3, -0.25) is 11.3 Å². The number of benzene rings is 1. The molecule has 2 atom stereocenters. The Hall–Kier alpha value is -0.970. The Kier molecular flexibility index (Phi) is 4.48. The molecule has 3 nitrogen and oxygen atoms in total. The largest absolute Gasteiger partial charge is 0.378 e. The first-order valence-electron chi connectivity index (χ1n) is 6.13. The van der Waals surface area contributed by atoms with Crippen LogP contribution in [0.4, 0.5) is 4.39 Å². The van der Waals surface area contributed by atoms with Crippen LogP contribution in [0.3, 0.4) is 0 Å². The summed E-state index contributed by atoms with van der Waals surface area (Å²) in [7, 11) is 0. The van der Waals surface area contributed by atoms with Crippen LogP contribution in [-0.2, 0) is 4.74 Å². The second-order valence-corrected chi connectivity index (χ2v) is 4.48. The highest BCUT2D eigenvalue weighted by atomic mass is 19.1. The SMILES string of the molecule is NNC(CCC1CCCO1)c1ccc(F)cc1. The van der Waals surface area contributed by atoms with Crippen molar-refractivity contribution >= 4 is 0 Å². The second kappa shape index (κ2) is 6.10. The topological polar surface area (TPSA) is 47.3 Å². The van der Waals surface area contributed by atoms with Gasteiger partial charge in [0.2, 0.25) is 0 Å². The van der Waals surface area contributed by atoms with Gasteiger partial charge in [0.15, 0.2) is 0 Å². The van der Waals surface area contributed by atoms with Gasteiger partial charge < -0.3 is 4.74 Å². The van der Waals surface area contributed by atoms with Crippen molar-refractivity contribution in [3.63, 3.8) is 0 Å². The lowest BCUT2D eigenvalue weighted by Gasteiger charge is -2.18. The van der Waals surface area contributed by atoms with Crippen LogP contribution < -0.4 is 11.3 Å². The first-order valence-corrected chi connectivity index (χ1v) is 6.13. The highest BCUT2D eigenvalue weighted by Gasteiger charge is 2.18. The average Bonchev–Trinajstić information content (AvgIpc) is 2.85. The number of hydrogen-bond acceptors (Lipinski definition) is 3. The van der Waals surface area contributed by atoms with Crippen molar-refractivity contribution in [2.45, 2.75) is 37.8 Å². The lowest BCUT2D eigenvalue weighted by molar-refractivity contribution is 0.0996. The summed E-state index contributed by atoms with van der Waals surface area (Å²) in [5.74, 6) is 5.32. The minimum atomic E-state index is -0.219. The second-order valence-electron chi connectivity index (χ2n) is 4.48. The molecule has 0 amide bonds. The van der Waals surface area contributed by atoms with Crippen molar-refractivity contribution in [2.24, 2.45) is 5.84 Å². The minimum absolute atomic E-state index is 0.0693. The third-order valence-electron chi connectivity index (χ3n) is 3.27. The van der Waals surface area contributed by atoms with Gasteiger partial charge in [0.25, 0.3) is 0 Å². The smallest absolute Gasteiger partial charge is 0.123 e. The molecular weight excluding hydrogens is 219 g/mol. The van der Waals surface area contributed by atoms with E-state index in [1.54, 1.807) is 12.1 Å². The zero-order valence-electron chi connectivity index (χ0n) is 9.86. The molecule has 0 radical (unpaired) electrons. The van der Waals surface area contributed by atoms with E-state index >= 15 is 0 Å². The van der Waals surface area contributed by atoms with Gasteiger partial charge in [-0.05, 0) is 43.4 Å². The summed E-state index contributed by atoms with van der Waals surface area (Å²) in [6.45, 7) is 0.877. The van der Waals surface area contributed by atoms with E-state index in [0.29, 0.717) is 6.10 Å². The molecule has 0 aliphatic carbocycles. The Labute approximate surface area is 101 Å². The minimum Gasteiger partial charge on any atom is -0.378 e. The summed E-state index contributed by atoms with van der Waals surface area (Å²) in [5.41, 5.74) is 3.80. The highest BCUT2D eigenvalue weighted by molar-refractivity contribution is 5.19. The third-order valence-corrected chi connectivity index (χ3v) is 3.27. The Morgan fingerprint density at radius 3 is 2.76 bits per heavy atom. The van der Waals surface area contributed by atoms with Crippen molar-refractivity contribution in [1.82, 2.24) is 5.43 Å². The van der Waals surface area contributed by atoms with Crippen LogP contribution >= 0.6 is 0 Å². The fourth-order valence-electron chi connectivity index (χ4n) is 2.27. The molecule has 0 saturated carbocycles. The molecule has 2 unspecified atom stereocenters. The van der Waals surface area contributed by atoms with Crippen LogP contribution in [0.5, 0.6) is 0 Å². The van der Waals surface area contributed by atoms with E-state index in [4.69, 9.17) is 10.6 Å². The first-order chi connectivity index (χ1) is 8.29. The standard InChI is InChI=1S/C13H19FN2O/c14-11-5-3-10(4-6-11)13(16-15)8-7-12-2-1-9-17-12/h3-6,12-13,16H,1-2,7-9,15H2. The Morgan fingerprint density at radius 2 is 2.18 bits per heavy atom. The highest BCUT2D eigenvalue weighted by Crippen LogP contribution is 2.23. The lowest BCUT2D eigenvalue weighted by atomic mass is 10.00. The van der Waals surface area contributed by atoms with E-state index in [1.807, 2.05) is 0 Å². The average molecular weight is 238 g/mol. The molecule has 2 rings (SSSR count). The third kappa shape index (κ3) is 3.49. The van der Waals surface area contributed by atoms with Crippen LogP contribution in [0.1, 0.15) is 37.3 Å². The predicted molar refractivity (Wildman–Crippen MR) is 64.7 cm³/mol. The fraction of sp³-hybridized carbons (Fsp3) is 0.538. The summed E-state index contributed by atoms with van der Waals surface area (Å²) >= 11 is 0. The Morgan fingerprint density at radius 1 is 1.41 bits per heavy atom. The first kappa shape index (κ1) is 12.5. The van der Waals surface area contributed by atoms with E-state index in [2.05, 4.69) is 5.43 Å². The molecule has 17 heavy (non-hydrogen) atoms. The van der Waals surface area contributed by atoms with E-state index in [0.717, 1.165) is 37.9 Å². The molecule has 4 heteroatoms. The molecule has 1 aromatic rings. The van der Waals surface area contributed by atoms with E-state index in [-0.39, 0.29) is 11.9 Å². The van der Waals surface area contributed by atoms with Gasteiger partial charge in [-0.25, -0.2) is 4.39 Å². The number of halogens is 1. The molecular formula is C13H19FN2O. The quantitative estimate of drug-likeness (QED) is 0.611. The number of nitrogens with one attached hydrogen (secondary N) is 1. The molecule has 0 aromatic heterocycles. The van der Waals surface area contributed by atoms with Crippen LogP contribution in [0.15, 0.2) is 24.3 Å². The van der Waals surface area contributed by atoms with Crippen LogP contribution in [0.25, 0.3) is 0 Å². The van der Waals surface area contributed by atoms with E-state index in [1.165, 1.54) is 12.1 Å². The molecule has 0 bridgehead atoms. The number of nitrogens with two attached hydrogens (primary N) is 1. The zero-order valence-corrected chi connectivity index (χ0v) is 9.86. The van der Waals surface area contributed by atoms with E-state index in [9.17, 15) is 4.39 Å². The molecule has 1 heterocycles. The molecule has 94 valence electrons. The number of rotatable bonds is 5. The maximum Gasteiger partial charge on any atom is 0.123 e. The van der Waals surface area contributed by atoms with Crippen molar-refractivity contribution in [1.29, 1.82) is 0 Å². The van der Waals surface area contributed by atoms with Crippen LogP contribution in [0, 0.1) is 5.82 Å². The lowest BCUT2D eigenvalue weighted by Crippen LogP contribution is -2.28. The molecule has 1 aliphatic rings. The van der Waals surface area contributed by atoms with Gasteiger partial charge in [-0.15, -0.1) is 0 Å². The Balaban J connectivity index is 1.89. The Bertz CT molecular complexity index is 336. The van der Waals surface area contributed by atoms with Gasteiger partial charge in [-0.1, -0.05) is 12.1 Å². The number of ether oxygens (including phenoxy) is 1. The number of hydrogen-bond donors (Lipinski definition) is 2. The van der Waals surface area contributed by atoms with Crippen LogP contribution in [-0.4, -0.2) is 12.7 Å². The monoisotopic (exact) mass is 238 g/mol. The predicted octanol–water partition coefficient (Wildman–Crippen LogP) is 2.29. The molecule has 1 fully saturated rings. The normalized spacial score (nSPS) is 21.6. The van der Waals surface area contributed by atoms with Gasteiger partial charge in [-0.2, -0.15) is 0 Å².